The second-order valence-corrected chi connectivity index (χ2v) is 9.75. The lowest BCUT2D eigenvalue weighted by Crippen LogP contribution is -2.50. The fourth-order valence-corrected chi connectivity index (χ4v) is 7.16. The molecule has 6 aromatic rings. The molecule has 3 atom stereocenters. The van der Waals surface area contributed by atoms with Crippen LogP contribution in [0.5, 0.6) is 0 Å². The molecule has 0 amide bonds. The van der Waals surface area contributed by atoms with Gasteiger partial charge in [-0.1, -0.05) is 42.5 Å². The maximum absolute atomic E-state index is 6.55. The van der Waals surface area contributed by atoms with E-state index in [2.05, 4.69) is 119 Å². The average Bonchev–Trinajstić information content (AvgIpc) is 3.33. The quantitative estimate of drug-likeness (QED) is 0.272. The Morgan fingerprint density at radius 3 is 2.44 bits per heavy atom. The molecule has 3 nitrogen and oxygen atoms in total. The molecular formula is C31H20N2O+2. The van der Waals surface area contributed by atoms with Gasteiger partial charge in [-0.05, 0) is 35.9 Å². The lowest BCUT2D eigenvalue weighted by molar-refractivity contribution is -0.772. The third-order valence-corrected chi connectivity index (χ3v) is 8.39. The maximum Gasteiger partial charge on any atom is 0.269 e. The molecule has 9 rings (SSSR count). The van der Waals surface area contributed by atoms with Crippen molar-refractivity contribution in [1.82, 2.24) is 0 Å². The number of para-hydroxylation sites is 1. The number of rotatable bonds is 0. The SMILES string of the molecule is c1ccc2c(c1)-c1cccc[n+]1C1C2C12c1ccc3c(oc4ccccc43)c1-c1cccc[n+]12. The number of hydrogen-bond acceptors (Lipinski definition) is 1. The first kappa shape index (κ1) is 17.3. The van der Waals surface area contributed by atoms with Gasteiger partial charge in [-0.15, -0.1) is 0 Å². The monoisotopic (exact) mass is 436 g/mol. The maximum atomic E-state index is 6.55. The van der Waals surface area contributed by atoms with Gasteiger partial charge >= 0.3 is 0 Å². The van der Waals surface area contributed by atoms with Crippen molar-refractivity contribution in [3.8, 4) is 22.5 Å². The molecule has 2 aliphatic heterocycles. The van der Waals surface area contributed by atoms with E-state index in [1.807, 2.05) is 0 Å². The Hall–Kier alpha value is -4.24. The van der Waals surface area contributed by atoms with Crippen molar-refractivity contribution < 1.29 is 13.6 Å². The van der Waals surface area contributed by atoms with Crippen molar-refractivity contribution in [3.63, 3.8) is 0 Å². The van der Waals surface area contributed by atoms with Crippen LogP contribution < -0.4 is 9.13 Å². The summed E-state index contributed by atoms with van der Waals surface area (Å²) in [5, 5.41) is 2.38. The molecule has 1 fully saturated rings. The van der Waals surface area contributed by atoms with Gasteiger partial charge < -0.3 is 4.42 Å². The zero-order valence-electron chi connectivity index (χ0n) is 18.3. The molecule has 1 saturated carbocycles. The van der Waals surface area contributed by atoms with Crippen LogP contribution in [0.2, 0.25) is 0 Å². The van der Waals surface area contributed by atoms with Crippen LogP contribution in [0, 0.1) is 0 Å². The second kappa shape index (κ2) is 5.63. The van der Waals surface area contributed by atoms with Crippen LogP contribution in [0.25, 0.3) is 44.5 Å². The first-order chi connectivity index (χ1) is 16.9. The molecule has 3 aromatic heterocycles. The van der Waals surface area contributed by atoms with Gasteiger partial charge in [0.15, 0.2) is 12.4 Å². The summed E-state index contributed by atoms with van der Waals surface area (Å²) in [6.45, 7) is 0. The third kappa shape index (κ3) is 1.74. The first-order valence-electron chi connectivity index (χ1n) is 11.9. The Morgan fingerprint density at radius 2 is 1.47 bits per heavy atom. The molecule has 3 heteroatoms. The van der Waals surface area contributed by atoms with Crippen molar-refractivity contribution in [2.45, 2.75) is 17.5 Å². The largest absolute Gasteiger partial charge is 0.455 e. The summed E-state index contributed by atoms with van der Waals surface area (Å²) < 4.78 is 11.6. The van der Waals surface area contributed by atoms with Gasteiger partial charge in [-0.25, -0.2) is 0 Å². The molecule has 34 heavy (non-hydrogen) atoms. The molecule has 5 heterocycles. The van der Waals surface area contributed by atoms with E-state index in [1.165, 1.54) is 44.4 Å². The second-order valence-electron chi connectivity index (χ2n) is 9.75. The van der Waals surface area contributed by atoms with Gasteiger partial charge in [0.2, 0.25) is 17.4 Å². The Labute approximate surface area is 196 Å². The summed E-state index contributed by atoms with van der Waals surface area (Å²) in [5.74, 6) is 0.373. The van der Waals surface area contributed by atoms with Gasteiger partial charge in [-0.2, -0.15) is 9.13 Å². The molecule has 0 saturated heterocycles. The van der Waals surface area contributed by atoms with Gasteiger partial charge in [0.1, 0.15) is 17.1 Å². The molecule has 0 bridgehead atoms. The summed E-state index contributed by atoms with van der Waals surface area (Å²) in [7, 11) is 0. The Balaban J connectivity index is 1.43. The minimum atomic E-state index is -0.160. The first-order valence-corrected chi connectivity index (χ1v) is 11.9. The van der Waals surface area contributed by atoms with E-state index in [4.69, 9.17) is 4.42 Å². The van der Waals surface area contributed by atoms with E-state index in [-0.39, 0.29) is 5.54 Å². The third-order valence-electron chi connectivity index (χ3n) is 8.39. The Kier molecular flexibility index (Phi) is 2.86. The number of nitrogens with zero attached hydrogens (tertiary/aromatic N) is 2. The zero-order valence-corrected chi connectivity index (χ0v) is 18.3. The van der Waals surface area contributed by atoms with Crippen LogP contribution in [-0.4, -0.2) is 0 Å². The molecule has 3 aromatic carbocycles. The highest BCUT2D eigenvalue weighted by atomic mass is 16.3. The normalized spacial score (nSPS) is 22.8. The Morgan fingerprint density at radius 1 is 0.676 bits per heavy atom. The van der Waals surface area contributed by atoms with Crippen LogP contribution in [0.1, 0.15) is 23.1 Å². The van der Waals surface area contributed by atoms with Crippen molar-refractivity contribution in [3.05, 3.63) is 121 Å². The van der Waals surface area contributed by atoms with E-state index in [0.717, 1.165) is 11.2 Å². The van der Waals surface area contributed by atoms with E-state index in [0.29, 0.717) is 12.0 Å². The summed E-state index contributed by atoms with van der Waals surface area (Å²) in [5.41, 5.74) is 9.75. The number of pyridine rings is 2. The van der Waals surface area contributed by atoms with Gasteiger partial charge in [0, 0.05) is 40.6 Å². The van der Waals surface area contributed by atoms with Crippen molar-refractivity contribution in [2.75, 3.05) is 0 Å². The van der Waals surface area contributed by atoms with Gasteiger partial charge in [0.05, 0.1) is 11.1 Å². The van der Waals surface area contributed by atoms with E-state index in [1.54, 1.807) is 0 Å². The minimum absolute atomic E-state index is 0.160. The number of furan rings is 1. The Bertz CT molecular complexity index is 1790. The molecule has 3 aliphatic rings. The van der Waals surface area contributed by atoms with Gasteiger partial charge in [-0.3, -0.25) is 0 Å². The molecule has 1 spiro atoms. The van der Waals surface area contributed by atoms with Gasteiger partial charge in [0.25, 0.3) is 5.54 Å². The number of fused-ring (bicyclic) bond motifs is 17. The van der Waals surface area contributed by atoms with Crippen molar-refractivity contribution in [2.24, 2.45) is 0 Å². The van der Waals surface area contributed by atoms with Crippen LogP contribution in [-0.2, 0) is 5.54 Å². The summed E-state index contributed by atoms with van der Waals surface area (Å²) >= 11 is 0. The highest BCUT2D eigenvalue weighted by molar-refractivity contribution is 6.10. The van der Waals surface area contributed by atoms with Crippen LogP contribution in [0.15, 0.2) is 114 Å². The molecule has 3 unspecified atom stereocenters. The fraction of sp³-hybridized carbons (Fsp3) is 0.0968. The topological polar surface area (TPSA) is 20.9 Å². The predicted molar refractivity (Wildman–Crippen MR) is 130 cm³/mol. The van der Waals surface area contributed by atoms with Crippen LogP contribution in [0.3, 0.4) is 0 Å². The average molecular weight is 437 g/mol. The minimum Gasteiger partial charge on any atom is -0.455 e. The van der Waals surface area contributed by atoms with Crippen molar-refractivity contribution >= 4 is 21.9 Å². The summed E-state index contributed by atoms with van der Waals surface area (Å²) in [4.78, 5) is 0. The lowest BCUT2D eigenvalue weighted by atomic mass is 9.92. The molecule has 1 aliphatic carbocycles. The van der Waals surface area contributed by atoms with Crippen LogP contribution >= 0.6 is 0 Å². The van der Waals surface area contributed by atoms with E-state index < -0.39 is 0 Å². The van der Waals surface area contributed by atoms with Crippen LogP contribution in [0.4, 0.5) is 0 Å². The van der Waals surface area contributed by atoms with Crippen molar-refractivity contribution in [1.29, 1.82) is 0 Å². The fourth-order valence-electron chi connectivity index (χ4n) is 7.16. The molecule has 0 N–H and O–H groups in total. The number of hydrogen-bond donors (Lipinski definition) is 0. The highest BCUT2D eigenvalue weighted by Crippen LogP contribution is 2.70. The van der Waals surface area contributed by atoms with E-state index in [9.17, 15) is 0 Å². The summed E-state index contributed by atoms with van der Waals surface area (Å²) in [6.07, 6.45) is 4.53. The number of benzene rings is 3. The lowest BCUT2D eigenvalue weighted by Gasteiger charge is -2.11. The standard InChI is InChI=1S/C31H20N2O/c1-2-11-21-19(9-1)24-12-5-7-17-32(24)30-28(21)31(30)23-16-15-22-20-10-3-4-14-26(20)34-29(22)27(23)25-13-6-8-18-33(25)31/h1-18,28,30H/q+2. The zero-order chi connectivity index (χ0) is 22.0. The predicted octanol–water partition coefficient (Wildman–Crippen LogP) is 5.90. The summed E-state index contributed by atoms with van der Waals surface area (Å²) in [6, 6.07) is 35.5. The highest BCUT2D eigenvalue weighted by Gasteiger charge is 2.86. The number of aromatic nitrogens is 2. The molecule has 158 valence electrons. The molecule has 0 radical (unpaired) electrons. The van der Waals surface area contributed by atoms with E-state index >= 15 is 0 Å². The molecular weight excluding hydrogens is 416 g/mol. The smallest absolute Gasteiger partial charge is 0.269 e.